The Hall–Kier alpha value is -2.59. The lowest BCUT2D eigenvalue weighted by molar-refractivity contribution is -0.159. The first-order valence-corrected chi connectivity index (χ1v) is 9.87. The Morgan fingerprint density at radius 2 is 2.14 bits per heavy atom. The lowest BCUT2D eigenvalue weighted by Gasteiger charge is -2.29. The molecule has 1 saturated heterocycles. The number of halogens is 1. The van der Waals surface area contributed by atoms with E-state index in [0.29, 0.717) is 30.4 Å². The van der Waals surface area contributed by atoms with Crippen LogP contribution in [0.25, 0.3) is 0 Å². The molecule has 1 aromatic heterocycles. The molecule has 1 aliphatic heterocycles. The van der Waals surface area contributed by atoms with Crippen LogP contribution in [0.2, 0.25) is 0 Å². The van der Waals surface area contributed by atoms with Gasteiger partial charge in [0.1, 0.15) is 17.7 Å². The van der Waals surface area contributed by atoms with Gasteiger partial charge >= 0.3 is 0 Å². The molecule has 3 N–H and O–H groups in total. The van der Waals surface area contributed by atoms with Gasteiger partial charge in [-0.25, -0.2) is 19.9 Å². The molecule has 3 amide bonds. The van der Waals surface area contributed by atoms with E-state index in [1.165, 1.54) is 17.1 Å². The van der Waals surface area contributed by atoms with Gasteiger partial charge in [-0.15, -0.1) is 0 Å². The van der Waals surface area contributed by atoms with Crippen LogP contribution >= 0.6 is 0 Å². The van der Waals surface area contributed by atoms with Gasteiger partial charge < -0.3 is 5.32 Å². The first-order valence-electron chi connectivity index (χ1n) is 9.87. The van der Waals surface area contributed by atoms with Crippen molar-refractivity contribution in [3.05, 3.63) is 24.1 Å². The summed E-state index contributed by atoms with van der Waals surface area (Å²) in [5.74, 6) is -1.33. The fraction of sp³-hybridized carbons (Fsp3) is 0.579. The van der Waals surface area contributed by atoms with Crippen LogP contribution in [-0.4, -0.2) is 57.6 Å². The van der Waals surface area contributed by atoms with Crippen LogP contribution in [0.15, 0.2) is 18.3 Å². The van der Waals surface area contributed by atoms with Crippen molar-refractivity contribution in [2.75, 3.05) is 18.4 Å². The van der Waals surface area contributed by atoms with E-state index in [1.807, 2.05) is 0 Å². The van der Waals surface area contributed by atoms with E-state index in [-0.39, 0.29) is 24.7 Å². The van der Waals surface area contributed by atoms with E-state index >= 15 is 0 Å². The highest BCUT2D eigenvalue weighted by Gasteiger charge is 2.39. The van der Waals surface area contributed by atoms with E-state index in [0.717, 1.165) is 31.9 Å². The highest BCUT2D eigenvalue weighted by atomic mass is 19.1. The molecule has 1 aromatic rings. The number of aromatic nitrogens is 1. The molecule has 2 atom stereocenters. The third kappa shape index (κ3) is 5.48. The molecule has 29 heavy (non-hydrogen) atoms. The van der Waals surface area contributed by atoms with Gasteiger partial charge in [-0.05, 0) is 30.9 Å². The van der Waals surface area contributed by atoms with Crippen LogP contribution < -0.4 is 10.7 Å². The molecular weight excluding hydrogens is 381 g/mol. The number of hydrogen-bond acceptors (Lipinski definition) is 6. The number of hydrogen-bond donors (Lipinski definition) is 3. The molecule has 0 bridgehead atoms. The fourth-order valence-electron chi connectivity index (χ4n) is 4.07. The quantitative estimate of drug-likeness (QED) is 0.340. The molecule has 1 aliphatic carbocycles. The minimum Gasteiger partial charge on any atom is -0.309 e. The van der Waals surface area contributed by atoms with Gasteiger partial charge in [-0.2, -0.15) is 0 Å². The topological polar surface area (TPSA) is 115 Å². The van der Waals surface area contributed by atoms with Crippen molar-refractivity contribution in [3.63, 3.8) is 0 Å². The summed E-state index contributed by atoms with van der Waals surface area (Å²) in [5, 5.41) is 14.0. The second-order valence-corrected chi connectivity index (χ2v) is 7.58. The first kappa shape index (κ1) is 21.1. The van der Waals surface area contributed by atoms with Crippen molar-refractivity contribution in [3.8, 4) is 0 Å². The second kappa shape index (κ2) is 9.75. The molecule has 0 radical (unpaired) electrons. The Balaban J connectivity index is 1.68. The maximum Gasteiger partial charge on any atom is 0.250 e. The third-order valence-electron chi connectivity index (χ3n) is 5.50. The maximum atomic E-state index is 13.2. The highest BCUT2D eigenvalue weighted by molar-refractivity contribution is 5.97. The number of rotatable bonds is 8. The Kier molecular flexibility index (Phi) is 7.10. The van der Waals surface area contributed by atoms with Crippen molar-refractivity contribution in [2.24, 2.45) is 11.8 Å². The number of hydrazine groups is 1. The van der Waals surface area contributed by atoms with Gasteiger partial charge in [0.25, 0.3) is 0 Å². The Bertz CT molecular complexity index is 726. The van der Waals surface area contributed by atoms with Gasteiger partial charge in [-0.3, -0.25) is 24.6 Å². The van der Waals surface area contributed by atoms with Crippen molar-refractivity contribution >= 4 is 24.0 Å². The number of carbonyl (C=O) groups is 3. The lowest BCUT2D eigenvalue weighted by Crippen LogP contribution is -2.51. The van der Waals surface area contributed by atoms with Crippen LogP contribution in [0.5, 0.6) is 0 Å². The Morgan fingerprint density at radius 3 is 2.79 bits per heavy atom. The number of amides is 3. The fourth-order valence-corrected chi connectivity index (χ4v) is 4.07. The molecule has 9 nitrogen and oxygen atoms in total. The molecule has 2 heterocycles. The number of nitrogens with one attached hydrogen (secondary N) is 2. The summed E-state index contributed by atoms with van der Waals surface area (Å²) in [6, 6.07) is 1.77. The zero-order valence-electron chi connectivity index (χ0n) is 16.1. The molecule has 158 valence electrons. The van der Waals surface area contributed by atoms with Crippen molar-refractivity contribution in [1.29, 1.82) is 0 Å². The lowest BCUT2D eigenvalue weighted by atomic mass is 9.92. The summed E-state index contributed by atoms with van der Waals surface area (Å²) < 4.78 is 13.0. The molecular formula is C19H26FN5O4. The minimum atomic E-state index is -0.760. The summed E-state index contributed by atoms with van der Waals surface area (Å²) in [7, 11) is 0. The second-order valence-electron chi connectivity index (χ2n) is 7.58. The summed E-state index contributed by atoms with van der Waals surface area (Å²) in [5.41, 5.74) is 2.93. The van der Waals surface area contributed by atoms with Gasteiger partial charge in [-0.1, -0.05) is 25.7 Å². The van der Waals surface area contributed by atoms with E-state index in [2.05, 4.69) is 15.7 Å². The predicted molar refractivity (Wildman–Crippen MR) is 101 cm³/mol. The van der Waals surface area contributed by atoms with Crippen LogP contribution in [0.4, 0.5) is 10.2 Å². The zero-order chi connectivity index (χ0) is 20.8. The molecule has 0 spiro atoms. The van der Waals surface area contributed by atoms with E-state index in [4.69, 9.17) is 0 Å². The van der Waals surface area contributed by atoms with Crippen molar-refractivity contribution < 1.29 is 24.0 Å². The number of nitrogens with zero attached hydrogens (tertiary/aromatic N) is 3. The minimum absolute atomic E-state index is 0.120. The molecule has 10 heteroatoms. The third-order valence-corrected chi connectivity index (χ3v) is 5.50. The SMILES string of the molecule is O=CN(O)C[C@@H](CC1CCCC1)C(=O)N1NCC[C@H]1C(=O)Nc1ccc(F)cn1. The number of pyridine rings is 1. The Morgan fingerprint density at radius 1 is 1.38 bits per heavy atom. The van der Waals surface area contributed by atoms with Crippen LogP contribution in [0.3, 0.4) is 0 Å². The van der Waals surface area contributed by atoms with Gasteiger partial charge in [0.05, 0.1) is 18.7 Å². The maximum absolute atomic E-state index is 13.2. The van der Waals surface area contributed by atoms with E-state index in [9.17, 15) is 24.0 Å². The average Bonchev–Trinajstić information content (AvgIpc) is 3.40. The van der Waals surface area contributed by atoms with Crippen LogP contribution in [-0.2, 0) is 14.4 Å². The number of hydroxylamine groups is 2. The summed E-state index contributed by atoms with van der Waals surface area (Å²) in [6.45, 7) is 0.318. The van der Waals surface area contributed by atoms with Gasteiger partial charge in [0.15, 0.2) is 0 Å². The smallest absolute Gasteiger partial charge is 0.250 e. The summed E-state index contributed by atoms with van der Waals surface area (Å²) in [6.07, 6.45) is 6.49. The monoisotopic (exact) mass is 407 g/mol. The van der Waals surface area contributed by atoms with Gasteiger partial charge in [0, 0.05) is 6.54 Å². The average molecular weight is 407 g/mol. The van der Waals surface area contributed by atoms with Gasteiger partial charge in [0.2, 0.25) is 18.2 Å². The van der Waals surface area contributed by atoms with Crippen LogP contribution in [0, 0.1) is 17.7 Å². The number of carbonyl (C=O) groups excluding carboxylic acids is 3. The molecule has 2 fully saturated rings. The molecule has 1 saturated carbocycles. The molecule has 2 aliphatic rings. The van der Waals surface area contributed by atoms with Crippen molar-refractivity contribution in [2.45, 2.75) is 44.6 Å². The van der Waals surface area contributed by atoms with E-state index in [1.54, 1.807) is 0 Å². The zero-order valence-corrected chi connectivity index (χ0v) is 16.1. The number of anilines is 1. The summed E-state index contributed by atoms with van der Waals surface area (Å²) >= 11 is 0. The predicted octanol–water partition coefficient (Wildman–Crippen LogP) is 1.31. The Labute approximate surface area is 168 Å². The standard InChI is InChI=1S/C19H26FN5O4/c20-15-5-6-17(21-10-15)23-18(27)16-7-8-22-25(16)19(28)14(11-24(29)12-26)9-13-3-1-2-4-13/h5-6,10,12-14,16,22,29H,1-4,7-9,11H2,(H,21,23,27)/t14-,16+/m1/s1. The largest absolute Gasteiger partial charge is 0.309 e. The first-order chi connectivity index (χ1) is 14.0. The molecule has 0 aromatic carbocycles. The normalized spacial score (nSPS) is 20.5. The van der Waals surface area contributed by atoms with Crippen LogP contribution in [0.1, 0.15) is 38.5 Å². The summed E-state index contributed by atoms with van der Waals surface area (Å²) in [4.78, 5) is 40.5. The molecule has 3 rings (SSSR count). The van der Waals surface area contributed by atoms with Crippen molar-refractivity contribution in [1.82, 2.24) is 20.5 Å². The van der Waals surface area contributed by atoms with E-state index < -0.39 is 23.7 Å². The highest BCUT2D eigenvalue weighted by Crippen LogP contribution is 2.31. The molecule has 0 unspecified atom stereocenters.